The number of nitrogens with one attached hydrogen (secondary N) is 1. The first-order chi connectivity index (χ1) is 10.1. The largest absolute Gasteiger partial charge is 0.487 e. The van der Waals surface area contributed by atoms with Crippen LogP contribution in [0.15, 0.2) is 42.5 Å². The minimum absolute atomic E-state index is 0.115. The van der Waals surface area contributed by atoms with Crippen molar-refractivity contribution in [2.45, 2.75) is 13.5 Å². The predicted molar refractivity (Wildman–Crippen MR) is 76.2 cm³/mol. The molecule has 21 heavy (non-hydrogen) atoms. The number of amides is 1. The Labute approximate surface area is 121 Å². The SMILES string of the molecule is CC(=O)Nc1cccc(COc2cccc(F)c2C#N)c1. The molecule has 2 aromatic rings. The van der Waals surface area contributed by atoms with Gasteiger partial charge in [0.1, 0.15) is 29.8 Å². The first-order valence-electron chi connectivity index (χ1n) is 6.28. The van der Waals surface area contributed by atoms with Crippen molar-refractivity contribution in [2.75, 3.05) is 5.32 Å². The molecule has 0 aliphatic carbocycles. The second-order valence-electron chi connectivity index (χ2n) is 4.40. The molecule has 0 aliphatic rings. The van der Waals surface area contributed by atoms with E-state index < -0.39 is 5.82 Å². The summed E-state index contributed by atoms with van der Waals surface area (Å²) in [6.45, 7) is 1.60. The number of halogens is 1. The van der Waals surface area contributed by atoms with Crippen LogP contribution in [0.4, 0.5) is 10.1 Å². The molecule has 0 saturated heterocycles. The smallest absolute Gasteiger partial charge is 0.221 e. The van der Waals surface area contributed by atoms with Gasteiger partial charge in [-0.2, -0.15) is 5.26 Å². The van der Waals surface area contributed by atoms with E-state index in [0.717, 1.165) is 5.56 Å². The summed E-state index contributed by atoms with van der Waals surface area (Å²) in [6, 6.07) is 13.1. The molecule has 0 unspecified atom stereocenters. The average Bonchev–Trinajstić information content (AvgIpc) is 2.45. The van der Waals surface area contributed by atoms with E-state index in [9.17, 15) is 9.18 Å². The molecular formula is C16H13FN2O2. The molecule has 0 saturated carbocycles. The molecule has 1 amide bonds. The van der Waals surface area contributed by atoms with Crippen LogP contribution in [0.25, 0.3) is 0 Å². The Kier molecular flexibility index (Phi) is 4.52. The number of carbonyl (C=O) groups excluding carboxylic acids is 1. The van der Waals surface area contributed by atoms with Gasteiger partial charge in [-0.3, -0.25) is 4.79 Å². The molecule has 4 nitrogen and oxygen atoms in total. The molecule has 5 heteroatoms. The van der Waals surface area contributed by atoms with Crippen LogP contribution in [-0.2, 0) is 11.4 Å². The Morgan fingerprint density at radius 2 is 2.10 bits per heavy atom. The summed E-state index contributed by atoms with van der Waals surface area (Å²) in [4.78, 5) is 11.0. The highest BCUT2D eigenvalue weighted by atomic mass is 19.1. The lowest BCUT2D eigenvalue weighted by molar-refractivity contribution is -0.114. The molecule has 1 N–H and O–H groups in total. The van der Waals surface area contributed by atoms with Gasteiger partial charge in [-0.25, -0.2) is 4.39 Å². The molecular weight excluding hydrogens is 271 g/mol. The number of rotatable bonds is 4. The van der Waals surface area contributed by atoms with Crippen LogP contribution in [0, 0.1) is 17.1 Å². The maximum Gasteiger partial charge on any atom is 0.221 e. The Balaban J connectivity index is 2.12. The summed E-state index contributed by atoms with van der Waals surface area (Å²) < 4.78 is 18.9. The number of hydrogen-bond acceptors (Lipinski definition) is 3. The summed E-state index contributed by atoms with van der Waals surface area (Å²) >= 11 is 0. The fourth-order valence-corrected chi connectivity index (χ4v) is 1.84. The minimum atomic E-state index is -0.609. The summed E-state index contributed by atoms with van der Waals surface area (Å²) in [5.41, 5.74) is 1.34. The van der Waals surface area contributed by atoms with E-state index in [2.05, 4.69) is 5.32 Å². The molecule has 0 aliphatic heterocycles. The zero-order chi connectivity index (χ0) is 15.2. The van der Waals surface area contributed by atoms with E-state index in [1.54, 1.807) is 30.3 Å². The van der Waals surface area contributed by atoms with Crippen molar-refractivity contribution in [3.05, 3.63) is 59.4 Å². The highest BCUT2D eigenvalue weighted by Crippen LogP contribution is 2.22. The number of nitriles is 1. The van der Waals surface area contributed by atoms with Crippen molar-refractivity contribution in [3.63, 3.8) is 0 Å². The van der Waals surface area contributed by atoms with E-state index in [-0.39, 0.29) is 23.8 Å². The van der Waals surface area contributed by atoms with Gasteiger partial charge in [0.05, 0.1) is 0 Å². The molecule has 0 spiro atoms. The van der Waals surface area contributed by atoms with Crippen molar-refractivity contribution in [3.8, 4) is 11.8 Å². The number of carbonyl (C=O) groups is 1. The highest BCUT2D eigenvalue weighted by Gasteiger charge is 2.09. The Hall–Kier alpha value is -2.87. The van der Waals surface area contributed by atoms with E-state index in [4.69, 9.17) is 10.00 Å². The molecule has 0 radical (unpaired) electrons. The van der Waals surface area contributed by atoms with Gasteiger partial charge < -0.3 is 10.1 Å². The number of ether oxygens (including phenoxy) is 1. The predicted octanol–water partition coefficient (Wildman–Crippen LogP) is 3.23. The molecule has 0 aromatic heterocycles. The zero-order valence-electron chi connectivity index (χ0n) is 11.4. The number of nitrogens with zero attached hydrogens (tertiary/aromatic N) is 1. The third-order valence-electron chi connectivity index (χ3n) is 2.73. The minimum Gasteiger partial charge on any atom is -0.487 e. The van der Waals surface area contributed by atoms with E-state index in [0.29, 0.717) is 5.69 Å². The number of anilines is 1. The fourth-order valence-electron chi connectivity index (χ4n) is 1.84. The molecule has 0 atom stereocenters. The summed E-state index contributed by atoms with van der Waals surface area (Å²) in [6.07, 6.45) is 0. The zero-order valence-corrected chi connectivity index (χ0v) is 11.4. The van der Waals surface area contributed by atoms with Gasteiger partial charge >= 0.3 is 0 Å². The van der Waals surface area contributed by atoms with Crippen molar-refractivity contribution in [1.82, 2.24) is 0 Å². The average molecular weight is 284 g/mol. The van der Waals surface area contributed by atoms with Crippen molar-refractivity contribution in [1.29, 1.82) is 5.26 Å². The summed E-state index contributed by atoms with van der Waals surface area (Å²) in [5, 5.41) is 11.6. The highest BCUT2D eigenvalue weighted by molar-refractivity contribution is 5.88. The van der Waals surface area contributed by atoms with Gasteiger partial charge in [0.25, 0.3) is 0 Å². The Morgan fingerprint density at radius 3 is 2.81 bits per heavy atom. The van der Waals surface area contributed by atoms with Crippen LogP contribution >= 0.6 is 0 Å². The third-order valence-corrected chi connectivity index (χ3v) is 2.73. The van der Waals surface area contributed by atoms with Crippen LogP contribution in [0.2, 0.25) is 0 Å². The lowest BCUT2D eigenvalue weighted by Crippen LogP contribution is -2.06. The van der Waals surface area contributed by atoms with Gasteiger partial charge in [0, 0.05) is 12.6 Å². The lowest BCUT2D eigenvalue weighted by atomic mass is 10.2. The molecule has 2 aromatic carbocycles. The monoisotopic (exact) mass is 284 g/mol. The maximum atomic E-state index is 13.4. The van der Waals surface area contributed by atoms with Gasteiger partial charge in [-0.1, -0.05) is 18.2 Å². The van der Waals surface area contributed by atoms with Crippen LogP contribution in [0.1, 0.15) is 18.1 Å². The van der Waals surface area contributed by atoms with Crippen LogP contribution in [0.3, 0.4) is 0 Å². The normalized spacial score (nSPS) is 9.76. The topological polar surface area (TPSA) is 62.1 Å². The van der Waals surface area contributed by atoms with Gasteiger partial charge in [-0.15, -0.1) is 0 Å². The second kappa shape index (κ2) is 6.53. The van der Waals surface area contributed by atoms with Crippen molar-refractivity contribution >= 4 is 11.6 Å². The standard InChI is InChI=1S/C16H13FN2O2/c1-11(20)19-13-5-2-4-12(8-13)10-21-16-7-3-6-15(17)14(16)9-18/h2-8H,10H2,1H3,(H,19,20). The van der Waals surface area contributed by atoms with Gasteiger partial charge in [-0.05, 0) is 29.8 Å². The van der Waals surface area contributed by atoms with Crippen molar-refractivity contribution < 1.29 is 13.9 Å². The quantitative estimate of drug-likeness (QED) is 0.937. The molecule has 106 valence electrons. The molecule has 0 bridgehead atoms. The van der Waals surface area contributed by atoms with E-state index in [1.165, 1.54) is 19.1 Å². The van der Waals surface area contributed by atoms with Gasteiger partial charge in [0.15, 0.2) is 0 Å². The number of benzene rings is 2. The molecule has 2 rings (SSSR count). The van der Waals surface area contributed by atoms with Gasteiger partial charge in [0.2, 0.25) is 5.91 Å². The molecule has 0 heterocycles. The fraction of sp³-hybridized carbons (Fsp3) is 0.125. The number of hydrogen-bond donors (Lipinski definition) is 1. The first-order valence-corrected chi connectivity index (χ1v) is 6.28. The van der Waals surface area contributed by atoms with E-state index in [1.807, 2.05) is 6.07 Å². The summed E-state index contributed by atoms with van der Waals surface area (Å²) in [7, 11) is 0. The molecule has 0 fully saturated rings. The Bertz CT molecular complexity index is 708. The summed E-state index contributed by atoms with van der Waals surface area (Å²) in [5.74, 6) is -0.575. The first kappa shape index (κ1) is 14.5. The van der Waals surface area contributed by atoms with Crippen LogP contribution in [-0.4, -0.2) is 5.91 Å². The second-order valence-corrected chi connectivity index (χ2v) is 4.40. The lowest BCUT2D eigenvalue weighted by Gasteiger charge is -2.09. The maximum absolute atomic E-state index is 13.4. The Morgan fingerprint density at radius 1 is 1.33 bits per heavy atom. The van der Waals surface area contributed by atoms with Crippen molar-refractivity contribution in [2.24, 2.45) is 0 Å². The van der Waals surface area contributed by atoms with Crippen LogP contribution < -0.4 is 10.1 Å². The third kappa shape index (κ3) is 3.80. The van der Waals surface area contributed by atoms with Crippen LogP contribution in [0.5, 0.6) is 5.75 Å². The van der Waals surface area contributed by atoms with E-state index >= 15 is 0 Å².